The van der Waals surface area contributed by atoms with E-state index in [1.807, 2.05) is 32.0 Å². The number of nitrogens with one attached hydrogen (secondary N) is 2. The lowest BCUT2D eigenvalue weighted by atomic mass is 10.1. The van der Waals surface area contributed by atoms with Gasteiger partial charge in [0.25, 0.3) is 5.91 Å². The quantitative estimate of drug-likeness (QED) is 0.635. The normalized spacial score (nSPS) is 10.3. The Balaban J connectivity index is 1.79. The van der Waals surface area contributed by atoms with Crippen LogP contribution in [0.15, 0.2) is 48.5 Å². The monoisotopic (exact) mass is 390 g/mol. The van der Waals surface area contributed by atoms with Gasteiger partial charge in [0.15, 0.2) is 0 Å². The van der Waals surface area contributed by atoms with E-state index in [4.69, 9.17) is 0 Å². The van der Waals surface area contributed by atoms with E-state index in [-0.39, 0.29) is 11.6 Å². The number of carbonyl (C=O) groups excluding carboxylic acids is 2. The molecular formula is C22H22N4O3. The van der Waals surface area contributed by atoms with Crippen molar-refractivity contribution in [3.05, 3.63) is 76.7 Å². The number of carbonyl (C=O) groups is 2. The molecule has 2 N–H and O–H groups in total. The fourth-order valence-electron chi connectivity index (χ4n) is 2.76. The van der Waals surface area contributed by atoms with Crippen molar-refractivity contribution in [3.8, 4) is 0 Å². The largest absolute Gasteiger partial charge is 0.465 e. The van der Waals surface area contributed by atoms with Gasteiger partial charge >= 0.3 is 5.97 Å². The lowest BCUT2D eigenvalue weighted by Gasteiger charge is -2.12. The van der Waals surface area contributed by atoms with E-state index >= 15 is 0 Å². The van der Waals surface area contributed by atoms with Crippen LogP contribution in [0.4, 0.5) is 17.2 Å². The highest BCUT2D eigenvalue weighted by atomic mass is 16.5. The van der Waals surface area contributed by atoms with E-state index in [0.717, 1.165) is 16.8 Å². The van der Waals surface area contributed by atoms with Crippen molar-refractivity contribution in [2.45, 2.75) is 20.8 Å². The molecule has 0 atom stereocenters. The fourth-order valence-corrected chi connectivity index (χ4v) is 2.76. The van der Waals surface area contributed by atoms with Crippen molar-refractivity contribution in [1.82, 2.24) is 9.97 Å². The Morgan fingerprint density at radius 2 is 1.66 bits per heavy atom. The zero-order chi connectivity index (χ0) is 21.0. The Morgan fingerprint density at radius 3 is 2.34 bits per heavy atom. The Hall–Kier alpha value is -3.74. The minimum Gasteiger partial charge on any atom is -0.465 e. The first-order chi connectivity index (χ1) is 13.9. The third-order valence-corrected chi connectivity index (χ3v) is 4.29. The molecule has 0 spiro atoms. The molecular weight excluding hydrogens is 368 g/mol. The van der Waals surface area contributed by atoms with Gasteiger partial charge in [-0.2, -0.15) is 0 Å². The summed E-state index contributed by atoms with van der Waals surface area (Å²) >= 11 is 0. The molecule has 148 valence electrons. The molecule has 0 aliphatic carbocycles. The molecule has 0 fully saturated rings. The summed E-state index contributed by atoms with van der Waals surface area (Å²) < 4.78 is 4.67. The summed E-state index contributed by atoms with van der Waals surface area (Å²) in [6, 6.07) is 14.1. The highest BCUT2D eigenvalue weighted by molar-refractivity contribution is 6.03. The maximum Gasteiger partial charge on any atom is 0.337 e. The van der Waals surface area contributed by atoms with Crippen molar-refractivity contribution >= 4 is 29.1 Å². The number of ether oxygens (including phenoxy) is 1. The summed E-state index contributed by atoms with van der Waals surface area (Å²) in [6.45, 7) is 5.75. The minimum atomic E-state index is -0.434. The second-order valence-corrected chi connectivity index (χ2v) is 6.65. The molecule has 1 aromatic heterocycles. The molecule has 0 aliphatic heterocycles. The van der Waals surface area contributed by atoms with E-state index in [1.54, 1.807) is 37.3 Å². The van der Waals surface area contributed by atoms with Crippen LogP contribution in [0.1, 0.15) is 37.8 Å². The van der Waals surface area contributed by atoms with Crippen LogP contribution in [0.3, 0.4) is 0 Å². The first-order valence-electron chi connectivity index (χ1n) is 9.05. The molecule has 29 heavy (non-hydrogen) atoms. The van der Waals surface area contributed by atoms with E-state index in [2.05, 4.69) is 25.3 Å². The van der Waals surface area contributed by atoms with Gasteiger partial charge in [0.2, 0.25) is 0 Å². The predicted octanol–water partition coefficient (Wildman–Crippen LogP) is 4.18. The molecule has 0 radical (unpaired) electrons. The first-order valence-corrected chi connectivity index (χ1v) is 9.05. The predicted molar refractivity (Wildman–Crippen MR) is 112 cm³/mol. The summed E-state index contributed by atoms with van der Waals surface area (Å²) in [5.74, 6) is 0.214. The molecule has 2 aromatic carbocycles. The van der Waals surface area contributed by atoms with Crippen molar-refractivity contribution in [3.63, 3.8) is 0 Å². The van der Waals surface area contributed by atoms with Crippen molar-refractivity contribution in [2.24, 2.45) is 0 Å². The smallest absolute Gasteiger partial charge is 0.337 e. The fraction of sp³-hybridized carbons (Fsp3) is 0.182. The van der Waals surface area contributed by atoms with Gasteiger partial charge in [-0.05, 0) is 62.2 Å². The van der Waals surface area contributed by atoms with Gasteiger partial charge in [0.1, 0.15) is 17.3 Å². The molecule has 3 aromatic rings. The average Bonchev–Trinajstić information content (AvgIpc) is 2.70. The molecule has 3 rings (SSSR count). The molecule has 0 unspecified atom stereocenters. The number of esters is 1. The van der Waals surface area contributed by atoms with Crippen LogP contribution in [0, 0.1) is 20.8 Å². The second kappa shape index (κ2) is 8.52. The molecule has 1 amide bonds. The molecule has 0 bridgehead atoms. The van der Waals surface area contributed by atoms with Gasteiger partial charge in [-0.25, -0.2) is 14.8 Å². The Morgan fingerprint density at radius 1 is 0.931 bits per heavy atom. The third-order valence-electron chi connectivity index (χ3n) is 4.29. The Kier molecular flexibility index (Phi) is 5.87. The number of anilines is 3. The summed E-state index contributed by atoms with van der Waals surface area (Å²) in [5.41, 5.74) is 4.31. The minimum absolute atomic E-state index is 0.238. The van der Waals surface area contributed by atoms with Crippen molar-refractivity contribution in [1.29, 1.82) is 0 Å². The number of aromatic nitrogens is 2. The van der Waals surface area contributed by atoms with Gasteiger partial charge in [0, 0.05) is 17.4 Å². The van der Waals surface area contributed by atoms with E-state index in [0.29, 0.717) is 22.9 Å². The van der Waals surface area contributed by atoms with E-state index < -0.39 is 5.97 Å². The lowest BCUT2D eigenvalue weighted by molar-refractivity contribution is 0.0600. The number of hydrogen-bond acceptors (Lipinski definition) is 6. The molecule has 1 heterocycles. The number of benzene rings is 2. The number of nitrogens with zero attached hydrogens (tertiary/aromatic N) is 2. The summed E-state index contributed by atoms with van der Waals surface area (Å²) in [4.78, 5) is 32.8. The third kappa shape index (κ3) is 4.95. The van der Waals surface area contributed by atoms with Gasteiger partial charge in [-0.3, -0.25) is 4.79 Å². The number of rotatable bonds is 5. The lowest BCUT2D eigenvalue weighted by Crippen LogP contribution is -2.15. The standard InChI is InChI=1S/C22H22N4O3/c1-13-5-6-14(2)18(11-13)26-20-12-19(23-15(3)24-20)21(27)25-17-9-7-16(8-10-17)22(28)29-4/h5-12H,1-4H3,(H,25,27)(H,23,24,26). The van der Waals surface area contributed by atoms with Crippen LogP contribution in [0.5, 0.6) is 0 Å². The van der Waals surface area contributed by atoms with Crippen LogP contribution >= 0.6 is 0 Å². The average molecular weight is 390 g/mol. The highest BCUT2D eigenvalue weighted by Crippen LogP contribution is 2.21. The van der Waals surface area contributed by atoms with Gasteiger partial charge < -0.3 is 15.4 Å². The summed E-state index contributed by atoms with van der Waals surface area (Å²) in [6.07, 6.45) is 0. The maximum atomic E-state index is 12.6. The zero-order valence-corrected chi connectivity index (χ0v) is 16.7. The van der Waals surface area contributed by atoms with Gasteiger partial charge in [-0.15, -0.1) is 0 Å². The van der Waals surface area contributed by atoms with Crippen LogP contribution in [-0.4, -0.2) is 29.0 Å². The van der Waals surface area contributed by atoms with Gasteiger partial charge in [0.05, 0.1) is 12.7 Å². The van der Waals surface area contributed by atoms with Crippen LogP contribution in [-0.2, 0) is 4.74 Å². The Bertz CT molecular complexity index is 1060. The number of methoxy groups -OCH3 is 1. The zero-order valence-electron chi connectivity index (χ0n) is 16.7. The molecule has 0 aliphatic rings. The van der Waals surface area contributed by atoms with Crippen LogP contribution in [0.2, 0.25) is 0 Å². The number of aryl methyl sites for hydroxylation is 3. The molecule has 0 saturated carbocycles. The molecule has 7 heteroatoms. The van der Waals surface area contributed by atoms with Gasteiger partial charge in [-0.1, -0.05) is 12.1 Å². The second-order valence-electron chi connectivity index (χ2n) is 6.65. The summed E-state index contributed by atoms with van der Waals surface area (Å²) in [7, 11) is 1.32. The molecule has 7 nitrogen and oxygen atoms in total. The number of hydrogen-bond donors (Lipinski definition) is 2. The van der Waals surface area contributed by atoms with Crippen molar-refractivity contribution < 1.29 is 14.3 Å². The van der Waals surface area contributed by atoms with Crippen molar-refractivity contribution in [2.75, 3.05) is 17.7 Å². The maximum absolute atomic E-state index is 12.6. The van der Waals surface area contributed by atoms with E-state index in [1.165, 1.54) is 7.11 Å². The summed E-state index contributed by atoms with van der Waals surface area (Å²) in [5, 5.41) is 6.03. The number of amides is 1. The SMILES string of the molecule is COC(=O)c1ccc(NC(=O)c2cc(Nc3cc(C)ccc3C)nc(C)n2)cc1. The van der Waals surface area contributed by atoms with Crippen LogP contribution in [0.25, 0.3) is 0 Å². The van der Waals surface area contributed by atoms with E-state index in [9.17, 15) is 9.59 Å². The topological polar surface area (TPSA) is 93.2 Å². The van der Waals surface area contributed by atoms with Crippen LogP contribution < -0.4 is 10.6 Å². The highest BCUT2D eigenvalue weighted by Gasteiger charge is 2.12. The first kappa shape index (κ1) is 20.0. The molecule has 0 saturated heterocycles. The Labute approximate surface area is 169 Å².